The molecule has 1 amide bonds. The number of carboxylic acid groups (broad SMARTS) is 1. The van der Waals surface area contributed by atoms with E-state index in [0.717, 1.165) is 24.0 Å². The van der Waals surface area contributed by atoms with E-state index in [-0.39, 0.29) is 17.0 Å². The summed E-state index contributed by atoms with van der Waals surface area (Å²) in [7, 11) is 0. The standard InChI is InChI=1S/C12H13NO3S/c1-6(7-2-3-7)8-5-17-10-4-9(14)13(10)11(8)12(15)16/h7,10H,1-5H2,(H,15,16)/t10-/m0/s1. The lowest BCUT2D eigenvalue weighted by Crippen LogP contribution is -2.54. The molecular weight excluding hydrogens is 238 g/mol. The minimum atomic E-state index is -1.000. The summed E-state index contributed by atoms with van der Waals surface area (Å²) in [5.41, 5.74) is 1.88. The Labute approximate surface area is 103 Å². The van der Waals surface area contributed by atoms with Crippen LogP contribution in [0.2, 0.25) is 0 Å². The summed E-state index contributed by atoms with van der Waals surface area (Å²) >= 11 is 1.64. The molecule has 5 heteroatoms. The van der Waals surface area contributed by atoms with Gasteiger partial charge in [0.1, 0.15) is 5.70 Å². The number of rotatable bonds is 3. The second-order valence-electron chi connectivity index (χ2n) is 4.67. The zero-order valence-electron chi connectivity index (χ0n) is 9.31. The van der Waals surface area contributed by atoms with Crippen LogP contribution in [0.15, 0.2) is 23.4 Å². The van der Waals surface area contributed by atoms with Crippen molar-refractivity contribution in [3.8, 4) is 0 Å². The number of hydrogen-bond donors (Lipinski definition) is 1. The predicted octanol–water partition coefficient (Wildman–Crippen LogP) is 1.60. The Bertz CT molecular complexity index is 464. The van der Waals surface area contributed by atoms with E-state index in [4.69, 9.17) is 0 Å². The number of hydrogen-bond acceptors (Lipinski definition) is 3. The largest absolute Gasteiger partial charge is 0.477 e. The molecule has 2 aliphatic heterocycles. The van der Waals surface area contributed by atoms with Gasteiger partial charge in [-0.05, 0) is 29.9 Å². The number of fused-ring (bicyclic) bond motifs is 1. The fourth-order valence-electron chi connectivity index (χ4n) is 2.34. The average molecular weight is 251 g/mol. The second kappa shape index (κ2) is 3.63. The van der Waals surface area contributed by atoms with Gasteiger partial charge in [0.2, 0.25) is 5.91 Å². The molecule has 3 rings (SSSR count). The van der Waals surface area contributed by atoms with Crippen molar-refractivity contribution in [2.24, 2.45) is 5.92 Å². The van der Waals surface area contributed by atoms with Crippen LogP contribution in [0, 0.1) is 5.92 Å². The molecule has 0 radical (unpaired) electrons. The van der Waals surface area contributed by atoms with Crippen LogP contribution in [0.3, 0.4) is 0 Å². The van der Waals surface area contributed by atoms with Crippen molar-refractivity contribution in [3.63, 3.8) is 0 Å². The van der Waals surface area contributed by atoms with Gasteiger partial charge in [-0.15, -0.1) is 11.8 Å². The topological polar surface area (TPSA) is 57.6 Å². The molecule has 0 aromatic carbocycles. The Morgan fingerprint density at radius 3 is 2.71 bits per heavy atom. The van der Waals surface area contributed by atoms with Crippen LogP contribution in [0.25, 0.3) is 0 Å². The van der Waals surface area contributed by atoms with Gasteiger partial charge in [0, 0.05) is 5.75 Å². The third-order valence-electron chi connectivity index (χ3n) is 3.51. The number of nitrogens with zero attached hydrogens (tertiary/aromatic N) is 1. The van der Waals surface area contributed by atoms with Gasteiger partial charge in [-0.1, -0.05) is 6.58 Å². The van der Waals surface area contributed by atoms with Crippen molar-refractivity contribution < 1.29 is 14.7 Å². The van der Waals surface area contributed by atoms with Crippen LogP contribution in [-0.4, -0.2) is 33.0 Å². The Balaban J connectivity index is 2.00. The molecule has 1 atom stereocenters. The molecule has 17 heavy (non-hydrogen) atoms. The monoisotopic (exact) mass is 251 g/mol. The molecule has 0 aromatic rings. The van der Waals surface area contributed by atoms with E-state index in [1.165, 1.54) is 4.90 Å². The molecule has 1 saturated heterocycles. The van der Waals surface area contributed by atoms with Crippen molar-refractivity contribution in [1.29, 1.82) is 0 Å². The van der Waals surface area contributed by atoms with Crippen molar-refractivity contribution in [3.05, 3.63) is 23.4 Å². The highest BCUT2D eigenvalue weighted by molar-refractivity contribution is 8.00. The Morgan fingerprint density at radius 1 is 1.47 bits per heavy atom. The molecular formula is C12H13NO3S. The van der Waals surface area contributed by atoms with Crippen LogP contribution in [0.5, 0.6) is 0 Å². The molecule has 2 fully saturated rings. The average Bonchev–Trinajstić information content (AvgIpc) is 3.09. The molecule has 1 N–H and O–H groups in total. The molecule has 0 spiro atoms. The summed E-state index contributed by atoms with van der Waals surface area (Å²) < 4.78 is 0. The number of carbonyl (C=O) groups excluding carboxylic acids is 1. The minimum Gasteiger partial charge on any atom is -0.477 e. The zero-order valence-corrected chi connectivity index (χ0v) is 10.1. The van der Waals surface area contributed by atoms with E-state index >= 15 is 0 Å². The number of β-lactam (4-membered cyclic amide) rings is 1. The predicted molar refractivity (Wildman–Crippen MR) is 64.2 cm³/mol. The lowest BCUT2D eigenvalue weighted by Gasteiger charge is -2.44. The summed E-state index contributed by atoms with van der Waals surface area (Å²) in [5, 5.41) is 9.33. The van der Waals surface area contributed by atoms with Crippen LogP contribution >= 0.6 is 11.8 Å². The fraction of sp³-hybridized carbons (Fsp3) is 0.500. The van der Waals surface area contributed by atoms with E-state index < -0.39 is 5.97 Å². The third kappa shape index (κ3) is 1.60. The maximum absolute atomic E-state index is 11.5. The second-order valence-corrected chi connectivity index (χ2v) is 5.83. The first-order valence-corrected chi connectivity index (χ1v) is 6.73. The van der Waals surface area contributed by atoms with Gasteiger partial charge in [-0.2, -0.15) is 0 Å². The van der Waals surface area contributed by atoms with Gasteiger partial charge < -0.3 is 5.11 Å². The molecule has 90 valence electrons. The lowest BCUT2D eigenvalue weighted by molar-refractivity contribution is -0.146. The van der Waals surface area contributed by atoms with Gasteiger partial charge in [0.15, 0.2) is 0 Å². The quantitative estimate of drug-likeness (QED) is 0.774. The van der Waals surface area contributed by atoms with Gasteiger partial charge in [0.25, 0.3) is 0 Å². The van der Waals surface area contributed by atoms with E-state index in [9.17, 15) is 14.7 Å². The van der Waals surface area contributed by atoms with E-state index in [0.29, 0.717) is 18.1 Å². The van der Waals surface area contributed by atoms with Crippen molar-refractivity contribution in [1.82, 2.24) is 4.90 Å². The van der Waals surface area contributed by atoms with Crippen molar-refractivity contribution in [2.75, 3.05) is 5.75 Å². The first-order valence-electron chi connectivity index (χ1n) is 5.69. The summed E-state index contributed by atoms with van der Waals surface area (Å²) in [6.45, 7) is 4.01. The first-order chi connectivity index (χ1) is 8.09. The molecule has 0 bridgehead atoms. The van der Waals surface area contributed by atoms with Crippen LogP contribution in [-0.2, 0) is 9.59 Å². The van der Waals surface area contributed by atoms with E-state index in [1.54, 1.807) is 11.8 Å². The smallest absolute Gasteiger partial charge is 0.352 e. The highest BCUT2D eigenvalue weighted by atomic mass is 32.2. The van der Waals surface area contributed by atoms with Gasteiger partial charge in [-0.3, -0.25) is 9.69 Å². The maximum atomic E-state index is 11.5. The highest BCUT2D eigenvalue weighted by Gasteiger charge is 2.46. The zero-order chi connectivity index (χ0) is 12.2. The molecule has 0 aromatic heterocycles. The normalized spacial score (nSPS) is 27.6. The molecule has 1 saturated carbocycles. The van der Waals surface area contributed by atoms with Gasteiger partial charge in [0.05, 0.1) is 11.8 Å². The Morgan fingerprint density at radius 2 is 2.18 bits per heavy atom. The molecule has 4 nitrogen and oxygen atoms in total. The summed E-state index contributed by atoms with van der Waals surface area (Å²) in [5.74, 6) is 0.0273. The molecule has 0 unspecified atom stereocenters. The minimum absolute atomic E-state index is 0.0318. The number of amides is 1. The fourth-order valence-corrected chi connectivity index (χ4v) is 3.65. The van der Waals surface area contributed by atoms with Gasteiger partial charge in [-0.25, -0.2) is 4.79 Å². The van der Waals surface area contributed by atoms with E-state index in [1.807, 2.05) is 0 Å². The summed E-state index contributed by atoms with van der Waals surface area (Å²) in [6.07, 6.45) is 2.65. The maximum Gasteiger partial charge on any atom is 0.352 e. The molecule has 1 aliphatic carbocycles. The number of thioether (sulfide) groups is 1. The Kier molecular flexibility index (Phi) is 2.33. The summed E-state index contributed by atoms with van der Waals surface area (Å²) in [6, 6.07) is 0. The van der Waals surface area contributed by atoms with Crippen molar-refractivity contribution in [2.45, 2.75) is 24.6 Å². The lowest BCUT2D eigenvalue weighted by atomic mass is 9.99. The van der Waals surface area contributed by atoms with Crippen LogP contribution in [0.1, 0.15) is 19.3 Å². The van der Waals surface area contributed by atoms with Crippen LogP contribution < -0.4 is 0 Å². The third-order valence-corrected chi connectivity index (χ3v) is 4.73. The first kappa shape index (κ1) is 10.9. The number of allylic oxidation sites excluding steroid dienone is 1. The SMILES string of the molecule is C=C(C1=C(C(=O)O)N2C(=O)C[C@@H]2SC1)C1CC1. The Hall–Kier alpha value is -1.23. The van der Waals surface area contributed by atoms with Crippen molar-refractivity contribution >= 4 is 23.6 Å². The number of carbonyl (C=O) groups is 2. The van der Waals surface area contributed by atoms with E-state index in [2.05, 4.69) is 6.58 Å². The molecule has 2 heterocycles. The number of carboxylic acids is 1. The number of aliphatic carboxylic acids is 1. The molecule has 3 aliphatic rings. The highest BCUT2D eigenvalue weighted by Crippen LogP contribution is 2.46. The van der Waals surface area contributed by atoms with Gasteiger partial charge >= 0.3 is 5.97 Å². The summed E-state index contributed by atoms with van der Waals surface area (Å²) in [4.78, 5) is 24.3. The van der Waals surface area contributed by atoms with Crippen LogP contribution in [0.4, 0.5) is 0 Å².